The first-order valence-corrected chi connectivity index (χ1v) is 27.3. The number of methoxy groups -OCH3 is 2. The smallest absolute Gasteiger partial charge is 0.326 e. The van der Waals surface area contributed by atoms with Crippen LogP contribution in [0.5, 0.6) is 11.5 Å². The van der Waals surface area contributed by atoms with Crippen LogP contribution in [0, 0.1) is 0 Å². The molecule has 0 saturated heterocycles. The molecule has 6 rings (SSSR count). The predicted molar refractivity (Wildman–Crippen MR) is 254 cm³/mol. The van der Waals surface area contributed by atoms with Gasteiger partial charge in [0.15, 0.2) is 0 Å². The van der Waals surface area contributed by atoms with Gasteiger partial charge in [-0.15, -0.1) is 0 Å². The van der Waals surface area contributed by atoms with Gasteiger partial charge < -0.3 is 19.3 Å². The van der Waals surface area contributed by atoms with Gasteiger partial charge in [-0.3, -0.25) is 9.59 Å². The van der Waals surface area contributed by atoms with Gasteiger partial charge in [-0.05, 0) is 93.3 Å². The molecule has 4 aromatic carbocycles. The number of nitrogens with zero attached hydrogens (tertiary/aromatic N) is 2. The van der Waals surface area contributed by atoms with Crippen molar-refractivity contribution in [1.29, 1.82) is 0 Å². The van der Waals surface area contributed by atoms with Crippen LogP contribution >= 0.6 is 0 Å². The second-order valence-corrected chi connectivity index (χ2v) is 23.9. The molecule has 2 aliphatic heterocycles. The van der Waals surface area contributed by atoms with E-state index in [-0.39, 0.29) is 47.2 Å². The van der Waals surface area contributed by atoms with Crippen LogP contribution in [0.15, 0.2) is 143 Å². The molecule has 0 aromatic heterocycles. The predicted octanol–water partition coefficient (Wildman–Crippen LogP) is 4.43. The minimum absolute atomic E-state index is 0.0274. The van der Waals surface area contributed by atoms with Crippen molar-refractivity contribution in [3.8, 4) is 11.5 Å². The second-order valence-electron chi connectivity index (χ2n) is 16.6. The lowest BCUT2D eigenvalue weighted by atomic mass is 10.1. The van der Waals surface area contributed by atoms with Gasteiger partial charge in [0, 0.05) is 13.1 Å². The molecule has 3 N–H and O–H groups in total. The average molecular weight is 1020 g/mol. The Kier molecular flexibility index (Phi) is 17.9. The summed E-state index contributed by atoms with van der Waals surface area (Å²) in [5.74, 6) is -2.04. The van der Waals surface area contributed by atoms with Crippen LogP contribution in [0.4, 0.5) is 0 Å². The molecule has 22 heteroatoms. The van der Waals surface area contributed by atoms with Crippen LogP contribution in [-0.2, 0) is 65.9 Å². The lowest BCUT2D eigenvalue weighted by Crippen LogP contribution is -2.57. The molecular weight excluding hydrogens is 961 g/mol. The molecule has 4 aromatic rings. The monoisotopic (exact) mass is 1020 g/mol. The van der Waals surface area contributed by atoms with Crippen molar-refractivity contribution in [3.05, 3.63) is 145 Å². The molecule has 18 nitrogen and oxygen atoms in total. The number of rotatable bonds is 16. The zero-order valence-corrected chi connectivity index (χ0v) is 41.3. The van der Waals surface area contributed by atoms with Gasteiger partial charge in [0.2, 0.25) is 40.1 Å². The number of esters is 1. The van der Waals surface area contributed by atoms with Gasteiger partial charge in [-0.1, -0.05) is 85.0 Å². The fourth-order valence-corrected chi connectivity index (χ4v) is 13.2. The van der Waals surface area contributed by atoms with Crippen molar-refractivity contribution in [2.75, 3.05) is 27.3 Å². The van der Waals surface area contributed by atoms with E-state index in [9.17, 15) is 48.4 Å². The van der Waals surface area contributed by atoms with Gasteiger partial charge in [-0.2, -0.15) is 8.61 Å². The zero-order valence-electron chi connectivity index (χ0n) is 38.0. The molecule has 0 radical (unpaired) electrons. The van der Waals surface area contributed by atoms with E-state index in [1.165, 1.54) is 68.8 Å². The topological polar surface area (TPSA) is 249 Å². The van der Waals surface area contributed by atoms with Crippen LogP contribution in [0.25, 0.3) is 0 Å². The summed E-state index contributed by atoms with van der Waals surface area (Å²) in [6, 6.07) is 23.0. The SMILES string of the molecule is COc1ccc(S(=O)(=O)N2CC=CCC(NS(=O)(=O)Cc3ccccc3)C2C(=O)O)cc1.COc1ccc(S(=O)(=O)N2CC=CCC(NS(=O)(=O)Cc3ccccc3)C2C(=O)OC(C)(C)C)cc1. The molecule has 0 bridgehead atoms. The van der Waals surface area contributed by atoms with E-state index in [0.29, 0.717) is 22.6 Å². The highest BCUT2D eigenvalue weighted by molar-refractivity contribution is 7.90. The van der Waals surface area contributed by atoms with Crippen molar-refractivity contribution in [3.63, 3.8) is 0 Å². The minimum Gasteiger partial charge on any atom is -0.497 e. The highest BCUT2D eigenvalue weighted by Crippen LogP contribution is 2.29. The van der Waals surface area contributed by atoms with Gasteiger partial charge >= 0.3 is 11.9 Å². The van der Waals surface area contributed by atoms with Crippen molar-refractivity contribution < 1.29 is 62.6 Å². The fraction of sp³-hybridized carbons (Fsp3) is 0.348. The Labute approximate surface area is 398 Å². The summed E-state index contributed by atoms with van der Waals surface area (Å²) in [6.07, 6.45) is 6.49. The number of hydrogen-bond donors (Lipinski definition) is 3. The Balaban J connectivity index is 0.000000256. The van der Waals surface area contributed by atoms with E-state index < -0.39 is 81.8 Å². The van der Waals surface area contributed by atoms with E-state index in [1.807, 2.05) is 0 Å². The van der Waals surface area contributed by atoms with Crippen LogP contribution in [-0.4, -0.2) is 116 Å². The molecule has 2 aliphatic rings. The maximum atomic E-state index is 13.7. The summed E-state index contributed by atoms with van der Waals surface area (Å²) in [5.41, 5.74) is 0.171. The summed E-state index contributed by atoms with van der Waals surface area (Å²) in [6.45, 7) is 4.65. The Morgan fingerprint density at radius 2 is 0.941 bits per heavy atom. The molecule has 368 valence electrons. The van der Waals surface area contributed by atoms with Gasteiger partial charge in [0.25, 0.3) is 0 Å². The lowest BCUT2D eigenvalue weighted by Gasteiger charge is -2.34. The number of carbonyl (C=O) groups is 2. The van der Waals surface area contributed by atoms with Crippen LogP contribution in [0.2, 0.25) is 0 Å². The number of hydrogen-bond acceptors (Lipinski definition) is 13. The first kappa shape index (κ1) is 53.5. The standard InChI is InChI=1S/C25H32N2O7S2.C21H24N2O7S2/c1-25(2,3)34-24(28)23-22(26-35(29,30)18-19-10-6-5-7-11-19)12-8-9-17-27(23)36(31,32)21-15-13-20(33-4)14-16-21;1-30-17-10-12-18(13-11-17)32(28,29)23-14-6-5-9-19(20(23)21(24)25)22-31(26,27)15-16-7-3-2-4-8-16/h5-11,13-16,22-23,26H,12,17-18H2,1-4H3;2-8,10-13,19-20,22H,9,14-15H2,1H3,(H,24,25). The molecule has 0 aliphatic carbocycles. The normalized spacial score (nSPS) is 19.7. The summed E-state index contributed by atoms with van der Waals surface area (Å²) in [5, 5.41) is 9.89. The second kappa shape index (κ2) is 22.8. The van der Waals surface area contributed by atoms with E-state index in [1.54, 1.807) is 99.7 Å². The van der Waals surface area contributed by atoms with Crippen LogP contribution < -0.4 is 18.9 Å². The third-order valence-corrected chi connectivity index (χ3v) is 16.8. The van der Waals surface area contributed by atoms with E-state index >= 15 is 0 Å². The molecule has 2 heterocycles. The van der Waals surface area contributed by atoms with Gasteiger partial charge in [-0.25, -0.2) is 43.1 Å². The molecule has 0 amide bonds. The number of carboxylic acids is 1. The maximum Gasteiger partial charge on any atom is 0.326 e. The Morgan fingerprint density at radius 3 is 1.29 bits per heavy atom. The molecule has 0 fully saturated rings. The van der Waals surface area contributed by atoms with E-state index in [4.69, 9.17) is 14.2 Å². The number of benzene rings is 4. The first-order chi connectivity index (χ1) is 32.0. The highest BCUT2D eigenvalue weighted by atomic mass is 32.2. The fourth-order valence-electron chi connectivity index (χ4n) is 7.29. The number of carbonyl (C=O) groups excluding carboxylic acids is 1. The number of aliphatic carboxylic acids is 1. The minimum atomic E-state index is -4.24. The highest BCUT2D eigenvalue weighted by Gasteiger charge is 2.45. The summed E-state index contributed by atoms with van der Waals surface area (Å²) < 4.78 is 128. The zero-order chi connectivity index (χ0) is 49.9. The van der Waals surface area contributed by atoms with Crippen LogP contribution in [0.1, 0.15) is 44.7 Å². The van der Waals surface area contributed by atoms with Gasteiger partial charge in [0.1, 0.15) is 29.2 Å². The number of carboxylic acid groups (broad SMARTS) is 1. The van der Waals surface area contributed by atoms with Crippen molar-refractivity contribution in [2.45, 2.75) is 84.7 Å². The Bertz CT molecular complexity index is 2860. The number of sulfonamides is 4. The number of ether oxygens (including phenoxy) is 3. The van der Waals surface area contributed by atoms with E-state index in [2.05, 4.69) is 9.44 Å². The van der Waals surface area contributed by atoms with Crippen LogP contribution in [0.3, 0.4) is 0 Å². The number of nitrogens with one attached hydrogen (secondary N) is 2. The van der Waals surface area contributed by atoms with Crippen molar-refractivity contribution in [2.24, 2.45) is 0 Å². The van der Waals surface area contributed by atoms with E-state index in [0.717, 1.165) is 8.61 Å². The molecule has 0 spiro atoms. The summed E-state index contributed by atoms with van der Waals surface area (Å²) in [4.78, 5) is 25.4. The first-order valence-electron chi connectivity index (χ1n) is 21.1. The largest absolute Gasteiger partial charge is 0.497 e. The average Bonchev–Trinajstić information content (AvgIpc) is 3.63. The molecule has 0 saturated carbocycles. The molecule has 4 unspecified atom stereocenters. The Hall–Kier alpha value is -5.46. The lowest BCUT2D eigenvalue weighted by molar-refractivity contribution is -0.160. The Morgan fingerprint density at radius 1 is 0.574 bits per heavy atom. The molecule has 68 heavy (non-hydrogen) atoms. The third-order valence-electron chi connectivity index (χ3n) is 10.4. The summed E-state index contributed by atoms with van der Waals surface area (Å²) >= 11 is 0. The quantitative estimate of drug-likeness (QED) is 0.104. The molecule has 4 atom stereocenters. The van der Waals surface area contributed by atoms with Gasteiger partial charge in [0.05, 0.1) is 47.6 Å². The molecular formula is C46H56N4O14S4. The maximum absolute atomic E-state index is 13.7. The van der Waals surface area contributed by atoms with Crippen molar-refractivity contribution in [1.82, 2.24) is 18.1 Å². The summed E-state index contributed by atoms with van der Waals surface area (Å²) in [7, 11) is -13.4. The van der Waals surface area contributed by atoms with Crippen molar-refractivity contribution >= 4 is 52.0 Å². The third kappa shape index (κ3) is 14.5.